The summed E-state index contributed by atoms with van der Waals surface area (Å²) in [5.41, 5.74) is 8.81. The van der Waals surface area contributed by atoms with E-state index in [1.54, 1.807) is 0 Å². The van der Waals surface area contributed by atoms with Gasteiger partial charge in [-0.2, -0.15) is 11.8 Å². The molecule has 2 fully saturated rings. The molecule has 1 aliphatic carbocycles. The van der Waals surface area contributed by atoms with Crippen LogP contribution in [-0.4, -0.2) is 42.5 Å². The second-order valence-corrected chi connectivity index (χ2v) is 8.25. The van der Waals surface area contributed by atoms with E-state index in [4.69, 9.17) is 20.4 Å². The van der Waals surface area contributed by atoms with Gasteiger partial charge in [0.25, 0.3) is 0 Å². The zero-order valence-corrected chi connectivity index (χ0v) is 16.1. The Labute approximate surface area is 159 Å². The summed E-state index contributed by atoms with van der Waals surface area (Å²) in [5, 5.41) is 0. The molecule has 0 unspecified atom stereocenters. The first-order chi connectivity index (χ1) is 12.7. The number of anilines is 2. The van der Waals surface area contributed by atoms with E-state index in [-0.39, 0.29) is 4.75 Å². The van der Waals surface area contributed by atoms with Crippen molar-refractivity contribution in [3.8, 4) is 11.4 Å². The number of ether oxygens (including phenoxy) is 1. The third-order valence-corrected chi connectivity index (χ3v) is 6.88. The summed E-state index contributed by atoms with van der Waals surface area (Å²) in [6.45, 7) is 3.27. The van der Waals surface area contributed by atoms with E-state index in [2.05, 4.69) is 17.2 Å². The van der Waals surface area contributed by atoms with Crippen molar-refractivity contribution in [1.29, 1.82) is 0 Å². The minimum absolute atomic E-state index is 0.118. The summed E-state index contributed by atoms with van der Waals surface area (Å²) in [7, 11) is 0. The summed E-state index contributed by atoms with van der Waals surface area (Å²) >= 11 is 1.94. The molecule has 1 saturated heterocycles. The highest BCUT2D eigenvalue weighted by Gasteiger charge is 2.37. The zero-order chi connectivity index (χ0) is 18.0. The van der Waals surface area contributed by atoms with Crippen LogP contribution in [0.1, 0.15) is 31.4 Å². The number of rotatable bonds is 4. The Bertz CT molecular complexity index is 753. The Kier molecular flexibility index (Phi) is 5.05. The molecule has 0 spiro atoms. The molecular formula is C20H26N4OS. The maximum atomic E-state index is 5.86. The topological polar surface area (TPSA) is 64.3 Å². The van der Waals surface area contributed by atoms with Crippen LogP contribution in [0.4, 0.5) is 11.5 Å². The predicted molar refractivity (Wildman–Crippen MR) is 109 cm³/mol. The number of hydrogen-bond donors (Lipinski definition) is 1. The molecule has 5 nitrogen and oxygen atoms in total. The Morgan fingerprint density at radius 2 is 1.77 bits per heavy atom. The van der Waals surface area contributed by atoms with E-state index in [0.29, 0.717) is 0 Å². The number of thioether (sulfide) groups is 1. The summed E-state index contributed by atoms with van der Waals surface area (Å²) in [6, 6.07) is 10.1. The molecule has 2 aliphatic rings. The molecule has 1 aliphatic heterocycles. The Morgan fingerprint density at radius 1 is 1.08 bits per heavy atom. The van der Waals surface area contributed by atoms with Gasteiger partial charge in [0.2, 0.25) is 0 Å². The fourth-order valence-corrected chi connectivity index (χ4v) is 4.91. The predicted octanol–water partition coefficient (Wildman–Crippen LogP) is 3.69. The lowest BCUT2D eigenvalue weighted by Gasteiger charge is -2.31. The Hall–Kier alpha value is -1.79. The molecule has 0 radical (unpaired) electrons. The molecule has 0 atom stereocenters. The number of nitrogens with two attached hydrogens (primary N) is 1. The van der Waals surface area contributed by atoms with Crippen LogP contribution in [0.15, 0.2) is 30.3 Å². The molecule has 2 N–H and O–H groups in total. The van der Waals surface area contributed by atoms with Crippen molar-refractivity contribution in [2.75, 3.05) is 43.2 Å². The van der Waals surface area contributed by atoms with Crippen LogP contribution in [0, 0.1) is 0 Å². The maximum absolute atomic E-state index is 5.86. The van der Waals surface area contributed by atoms with Crippen LogP contribution < -0.4 is 10.6 Å². The molecule has 0 amide bonds. The summed E-state index contributed by atoms with van der Waals surface area (Å²) in [5.74, 6) is 1.81. The Balaban J connectivity index is 1.79. The minimum atomic E-state index is 0.118. The first kappa shape index (κ1) is 17.6. The van der Waals surface area contributed by atoms with Crippen LogP contribution in [0.3, 0.4) is 0 Å². The number of benzene rings is 1. The highest BCUT2D eigenvalue weighted by molar-refractivity contribution is 7.99. The van der Waals surface area contributed by atoms with Gasteiger partial charge in [-0.05, 0) is 43.4 Å². The van der Waals surface area contributed by atoms with Gasteiger partial charge in [0.15, 0.2) is 5.82 Å². The van der Waals surface area contributed by atoms with Gasteiger partial charge in [-0.15, -0.1) is 0 Å². The number of nitrogen functional groups attached to an aromatic ring is 1. The van der Waals surface area contributed by atoms with Crippen molar-refractivity contribution < 1.29 is 4.74 Å². The SMILES string of the molecule is CSC1(c2cc(N3CCOCC3)nc(-c3ccc(N)cc3)n2)CCCC1. The average molecular weight is 371 g/mol. The van der Waals surface area contributed by atoms with Gasteiger partial charge < -0.3 is 15.4 Å². The van der Waals surface area contributed by atoms with E-state index in [1.165, 1.54) is 31.4 Å². The molecule has 1 saturated carbocycles. The number of morpholine rings is 1. The van der Waals surface area contributed by atoms with Crippen LogP contribution in [0.5, 0.6) is 0 Å². The summed E-state index contributed by atoms with van der Waals surface area (Å²) in [6.07, 6.45) is 7.14. The summed E-state index contributed by atoms with van der Waals surface area (Å²) < 4.78 is 5.63. The highest BCUT2D eigenvalue weighted by atomic mass is 32.2. The molecule has 1 aromatic heterocycles. The first-order valence-electron chi connectivity index (χ1n) is 9.33. The van der Waals surface area contributed by atoms with Crippen molar-refractivity contribution in [2.45, 2.75) is 30.4 Å². The lowest BCUT2D eigenvalue weighted by atomic mass is 10.0. The lowest BCUT2D eigenvalue weighted by Crippen LogP contribution is -2.37. The van der Waals surface area contributed by atoms with Crippen molar-refractivity contribution in [3.05, 3.63) is 36.0 Å². The monoisotopic (exact) mass is 370 g/mol. The zero-order valence-electron chi connectivity index (χ0n) is 15.3. The minimum Gasteiger partial charge on any atom is -0.399 e. The quantitative estimate of drug-likeness (QED) is 0.828. The van der Waals surface area contributed by atoms with E-state index < -0.39 is 0 Å². The lowest BCUT2D eigenvalue weighted by molar-refractivity contribution is 0.122. The van der Waals surface area contributed by atoms with E-state index in [1.807, 2.05) is 36.0 Å². The smallest absolute Gasteiger partial charge is 0.161 e. The fraction of sp³-hybridized carbons (Fsp3) is 0.500. The second kappa shape index (κ2) is 7.45. The van der Waals surface area contributed by atoms with Crippen molar-refractivity contribution in [1.82, 2.24) is 9.97 Å². The molecule has 0 bridgehead atoms. The van der Waals surface area contributed by atoms with Gasteiger partial charge in [-0.3, -0.25) is 0 Å². The molecule has 1 aromatic carbocycles. The van der Waals surface area contributed by atoms with Gasteiger partial charge in [-0.1, -0.05) is 12.8 Å². The van der Waals surface area contributed by atoms with E-state index in [0.717, 1.165) is 49.2 Å². The van der Waals surface area contributed by atoms with Crippen molar-refractivity contribution >= 4 is 23.3 Å². The molecular weight excluding hydrogens is 344 g/mol. The number of nitrogens with zero attached hydrogens (tertiary/aromatic N) is 3. The second-order valence-electron chi connectivity index (χ2n) is 7.06. The molecule has 26 heavy (non-hydrogen) atoms. The molecule has 6 heteroatoms. The van der Waals surface area contributed by atoms with E-state index in [9.17, 15) is 0 Å². The van der Waals surface area contributed by atoms with E-state index >= 15 is 0 Å². The van der Waals surface area contributed by atoms with Crippen molar-refractivity contribution in [2.24, 2.45) is 0 Å². The van der Waals surface area contributed by atoms with Crippen LogP contribution >= 0.6 is 11.8 Å². The molecule has 138 valence electrons. The largest absolute Gasteiger partial charge is 0.399 e. The highest BCUT2D eigenvalue weighted by Crippen LogP contribution is 2.48. The normalized spacial score (nSPS) is 19.7. The van der Waals surface area contributed by atoms with Gasteiger partial charge in [0, 0.05) is 30.4 Å². The molecule has 4 rings (SSSR count). The van der Waals surface area contributed by atoms with Crippen LogP contribution in [0.2, 0.25) is 0 Å². The van der Waals surface area contributed by atoms with Crippen LogP contribution in [0.25, 0.3) is 11.4 Å². The van der Waals surface area contributed by atoms with Gasteiger partial charge >= 0.3 is 0 Å². The van der Waals surface area contributed by atoms with Gasteiger partial charge in [-0.25, -0.2) is 9.97 Å². The number of hydrogen-bond acceptors (Lipinski definition) is 6. The van der Waals surface area contributed by atoms with Gasteiger partial charge in [0.05, 0.1) is 23.7 Å². The third-order valence-electron chi connectivity index (χ3n) is 5.49. The van der Waals surface area contributed by atoms with Gasteiger partial charge in [0.1, 0.15) is 5.82 Å². The standard InChI is InChI=1S/C20H26N4OS/c1-26-20(8-2-3-9-20)17-14-18(24-10-12-25-13-11-24)23-19(22-17)15-4-6-16(21)7-5-15/h4-7,14H,2-3,8-13,21H2,1H3. The molecule has 2 heterocycles. The summed E-state index contributed by atoms with van der Waals surface area (Å²) in [4.78, 5) is 12.2. The van der Waals surface area contributed by atoms with Crippen LogP contribution in [-0.2, 0) is 9.48 Å². The fourth-order valence-electron chi connectivity index (χ4n) is 3.89. The van der Waals surface area contributed by atoms with Crippen molar-refractivity contribution in [3.63, 3.8) is 0 Å². The molecule has 2 aromatic rings. The Morgan fingerprint density at radius 3 is 2.42 bits per heavy atom. The average Bonchev–Trinajstić information content (AvgIpc) is 3.19. The third kappa shape index (κ3) is 3.40. The first-order valence-corrected chi connectivity index (χ1v) is 10.6. The number of aromatic nitrogens is 2. The maximum Gasteiger partial charge on any atom is 0.161 e.